The van der Waals surface area contributed by atoms with Crippen LogP contribution in [0.25, 0.3) is 11.0 Å². The van der Waals surface area contributed by atoms with Gasteiger partial charge in [0.15, 0.2) is 0 Å². The van der Waals surface area contributed by atoms with Crippen molar-refractivity contribution in [3.05, 3.63) is 48.0 Å². The van der Waals surface area contributed by atoms with Crippen molar-refractivity contribution in [2.45, 2.75) is 26.7 Å². The van der Waals surface area contributed by atoms with Gasteiger partial charge in [-0.05, 0) is 55.3 Å². The summed E-state index contributed by atoms with van der Waals surface area (Å²) in [5, 5.41) is 19.1. The molecular formula is C21H24N4O5. The summed E-state index contributed by atoms with van der Waals surface area (Å²) in [4.78, 5) is 33.1. The lowest BCUT2D eigenvalue weighted by Crippen LogP contribution is -2.24. The summed E-state index contributed by atoms with van der Waals surface area (Å²) in [6.45, 7) is 3.46. The van der Waals surface area contributed by atoms with E-state index in [-0.39, 0.29) is 6.42 Å². The fraction of sp³-hybridized carbons (Fsp3) is 0.286. The molecule has 4 N–H and O–H groups in total. The second kappa shape index (κ2) is 10.7. The van der Waals surface area contributed by atoms with Gasteiger partial charge in [0, 0.05) is 11.3 Å². The number of aromatic nitrogens is 3. The van der Waals surface area contributed by atoms with Gasteiger partial charge >= 0.3 is 11.9 Å². The SMILES string of the molecule is CCC(CC(C)C(=O)Oc1ccc(N)cc1)C(=O)O.O=Cc1ccc2n[nH]nc2c1. The van der Waals surface area contributed by atoms with Gasteiger partial charge < -0.3 is 15.6 Å². The average molecular weight is 412 g/mol. The minimum atomic E-state index is -0.880. The number of carbonyl (C=O) groups is 3. The second-order valence-corrected chi connectivity index (χ2v) is 6.76. The van der Waals surface area contributed by atoms with E-state index < -0.39 is 23.8 Å². The fourth-order valence-electron chi connectivity index (χ4n) is 2.65. The van der Waals surface area contributed by atoms with E-state index in [0.717, 1.165) is 17.3 Å². The highest BCUT2D eigenvalue weighted by Crippen LogP contribution is 2.20. The number of carboxylic acids is 1. The van der Waals surface area contributed by atoms with Crippen molar-refractivity contribution in [1.82, 2.24) is 15.4 Å². The van der Waals surface area contributed by atoms with Crippen LogP contribution in [0.15, 0.2) is 42.5 Å². The molecule has 1 heterocycles. The van der Waals surface area contributed by atoms with Crippen molar-refractivity contribution in [1.29, 1.82) is 0 Å². The van der Waals surface area contributed by atoms with Crippen LogP contribution in [0.1, 0.15) is 37.0 Å². The van der Waals surface area contributed by atoms with Crippen LogP contribution >= 0.6 is 0 Å². The largest absolute Gasteiger partial charge is 0.481 e. The highest BCUT2D eigenvalue weighted by Gasteiger charge is 2.24. The summed E-state index contributed by atoms with van der Waals surface area (Å²) in [5.41, 5.74) is 8.22. The van der Waals surface area contributed by atoms with Crippen molar-refractivity contribution in [2.75, 3.05) is 5.73 Å². The zero-order valence-corrected chi connectivity index (χ0v) is 16.7. The predicted molar refractivity (Wildman–Crippen MR) is 111 cm³/mol. The first-order valence-electron chi connectivity index (χ1n) is 9.39. The standard InChI is InChI=1S/C14H19NO4.C7H5N3O/c1-3-10(13(16)17)8-9(2)14(18)19-12-6-4-11(15)5-7-12;11-4-5-1-2-6-7(3-5)9-10-8-6/h4-7,9-10H,3,8,15H2,1-2H3,(H,16,17);1-4H,(H,8,9,10). The van der Waals surface area contributed by atoms with E-state index in [1.54, 1.807) is 56.3 Å². The Balaban J connectivity index is 0.000000244. The molecule has 0 bridgehead atoms. The molecule has 0 aliphatic heterocycles. The maximum atomic E-state index is 11.8. The number of nitrogens with one attached hydrogen (secondary N) is 1. The topological polar surface area (TPSA) is 148 Å². The fourth-order valence-corrected chi connectivity index (χ4v) is 2.65. The Hall–Kier alpha value is -3.75. The number of benzene rings is 2. The minimum Gasteiger partial charge on any atom is -0.481 e. The molecule has 0 spiro atoms. The highest BCUT2D eigenvalue weighted by molar-refractivity contribution is 5.84. The molecule has 30 heavy (non-hydrogen) atoms. The van der Waals surface area contributed by atoms with Gasteiger partial charge in [0.2, 0.25) is 0 Å². The molecule has 3 aromatic rings. The van der Waals surface area contributed by atoms with Crippen molar-refractivity contribution < 1.29 is 24.2 Å². The normalized spacial score (nSPS) is 12.3. The first-order chi connectivity index (χ1) is 14.3. The molecule has 0 aliphatic carbocycles. The van der Waals surface area contributed by atoms with E-state index >= 15 is 0 Å². The lowest BCUT2D eigenvalue weighted by Gasteiger charge is -2.15. The van der Waals surface area contributed by atoms with Crippen molar-refractivity contribution in [3.8, 4) is 5.75 Å². The lowest BCUT2D eigenvalue weighted by atomic mass is 9.94. The van der Waals surface area contributed by atoms with Crippen molar-refractivity contribution in [2.24, 2.45) is 11.8 Å². The van der Waals surface area contributed by atoms with Gasteiger partial charge in [-0.1, -0.05) is 13.8 Å². The maximum Gasteiger partial charge on any atom is 0.314 e. The Morgan fingerprint density at radius 2 is 1.83 bits per heavy atom. The van der Waals surface area contributed by atoms with Gasteiger partial charge in [-0.15, -0.1) is 0 Å². The predicted octanol–water partition coefficient (Wildman–Crippen LogP) is 3.08. The third kappa shape index (κ3) is 6.40. The smallest absolute Gasteiger partial charge is 0.314 e. The van der Waals surface area contributed by atoms with Crippen LogP contribution in [0.4, 0.5) is 5.69 Å². The Morgan fingerprint density at radius 1 is 1.17 bits per heavy atom. The number of esters is 1. The number of anilines is 1. The number of nitrogens with zero attached hydrogens (tertiary/aromatic N) is 2. The molecule has 0 saturated heterocycles. The van der Waals surface area contributed by atoms with Crippen LogP contribution in [0.3, 0.4) is 0 Å². The Bertz CT molecular complexity index is 1000. The number of carbonyl (C=O) groups excluding carboxylic acids is 2. The quantitative estimate of drug-likeness (QED) is 0.232. The van der Waals surface area contributed by atoms with Gasteiger partial charge in [0.1, 0.15) is 23.1 Å². The molecule has 0 radical (unpaired) electrons. The number of aliphatic carboxylic acids is 1. The number of hydrogen-bond donors (Lipinski definition) is 3. The molecule has 0 saturated carbocycles. The lowest BCUT2D eigenvalue weighted by molar-refractivity contribution is -0.144. The van der Waals surface area contributed by atoms with E-state index in [1.165, 1.54) is 0 Å². The molecule has 9 heteroatoms. The molecular weight excluding hydrogens is 388 g/mol. The number of rotatable bonds is 7. The number of hydrogen-bond acceptors (Lipinski definition) is 7. The molecule has 1 aromatic heterocycles. The number of H-pyrrole nitrogens is 1. The van der Waals surface area contributed by atoms with E-state index in [2.05, 4.69) is 15.4 Å². The molecule has 0 aliphatic rings. The molecule has 9 nitrogen and oxygen atoms in total. The van der Waals surface area contributed by atoms with E-state index in [4.69, 9.17) is 15.6 Å². The zero-order valence-electron chi connectivity index (χ0n) is 16.7. The van der Waals surface area contributed by atoms with Crippen LogP contribution in [-0.2, 0) is 9.59 Å². The Morgan fingerprint density at radius 3 is 2.43 bits per heavy atom. The molecule has 0 amide bonds. The average Bonchev–Trinajstić information content (AvgIpc) is 3.21. The monoisotopic (exact) mass is 412 g/mol. The summed E-state index contributed by atoms with van der Waals surface area (Å²) in [5.74, 6) is -1.87. The van der Waals surface area contributed by atoms with Gasteiger partial charge in [-0.25, -0.2) is 0 Å². The Labute approximate surface area is 173 Å². The second-order valence-electron chi connectivity index (χ2n) is 6.76. The van der Waals surface area contributed by atoms with Gasteiger partial charge in [-0.3, -0.25) is 14.4 Å². The van der Waals surface area contributed by atoms with Crippen LogP contribution in [-0.4, -0.2) is 38.7 Å². The first kappa shape index (κ1) is 22.5. The summed E-state index contributed by atoms with van der Waals surface area (Å²) >= 11 is 0. The number of nitrogens with two attached hydrogens (primary N) is 1. The van der Waals surface area contributed by atoms with Gasteiger partial charge in [0.25, 0.3) is 0 Å². The summed E-state index contributed by atoms with van der Waals surface area (Å²) < 4.78 is 5.17. The number of nitrogen functional groups attached to an aromatic ring is 1. The minimum absolute atomic E-state index is 0.277. The molecule has 3 rings (SSSR count). The van der Waals surface area contributed by atoms with Crippen molar-refractivity contribution in [3.63, 3.8) is 0 Å². The maximum absolute atomic E-state index is 11.8. The molecule has 158 valence electrons. The first-order valence-corrected chi connectivity index (χ1v) is 9.39. The third-order valence-corrected chi connectivity index (χ3v) is 4.46. The summed E-state index contributed by atoms with van der Waals surface area (Å²) in [6, 6.07) is 11.6. The number of carboxylic acid groups (broad SMARTS) is 1. The summed E-state index contributed by atoms with van der Waals surface area (Å²) in [6.07, 6.45) is 1.56. The Kier molecular flexibility index (Phi) is 8.04. The number of ether oxygens (including phenoxy) is 1. The van der Waals surface area contributed by atoms with Gasteiger partial charge in [0.05, 0.1) is 11.8 Å². The third-order valence-electron chi connectivity index (χ3n) is 4.46. The van der Waals surface area contributed by atoms with E-state index in [1.807, 2.05) is 0 Å². The number of fused-ring (bicyclic) bond motifs is 1. The number of aromatic amines is 1. The molecule has 2 unspecified atom stereocenters. The zero-order chi connectivity index (χ0) is 22.1. The van der Waals surface area contributed by atoms with Crippen LogP contribution < -0.4 is 10.5 Å². The molecule has 2 aromatic carbocycles. The molecule has 0 fully saturated rings. The summed E-state index contributed by atoms with van der Waals surface area (Å²) in [7, 11) is 0. The van der Waals surface area contributed by atoms with Crippen LogP contribution in [0.2, 0.25) is 0 Å². The highest BCUT2D eigenvalue weighted by atomic mass is 16.5. The molecule has 2 atom stereocenters. The van der Waals surface area contributed by atoms with E-state index in [0.29, 0.717) is 23.4 Å². The van der Waals surface area contributed by atoms with Crippen LogP contribution in [0.5, 0.6) is 5.75 Å². The van der Waals surface area contributed by atoms with E-state index in [9.17, 15) is 14.4 Å². The number of aldehydes is 1. The van der Waals surface area contributed by atoms with Crippen LogP contribution in [0, 0.1) is 11.8 Å². The van der Waals surface area contributed by atoms with Crippen molar-refractivity contribution >= 4 is 34.9 Å². The van der Waals surface area contributed by atoms with Gasteiger partial charge in [-0.2, -0.15) is 15.4 Å².